The number of urea groups is 1. The van der Waals surface area contributed by atoms with Crippen LogP contribution in [0.4, 0.5) is 16.2 Å². The van der Waals surface area contributed by atoms with Gasteiger partial charge in [-0.2, -0.15) is 0 Å². The van der Waals surface area contributed by atoms with Crippen molar-refractivity contribution in [1.82, 2.24) is 15.1 Å². The zero-order valence-electron chi connectivity index (χ0n) is 14.6. The van der Waals surface area contributed by atoms with Crippen molar-refractivity contribution < 1.29 is 9.59 Å². The first-order chi connectivity index (χ1) is 12.1. The average Bonchev–Trinajstić information content (AvgIpc) is 2.60. The van der Waals surface area contributed by atoms with Crippen LogP contribution >= 0.6 is 0 Å². The van der Waals surface area contributed by atoms with E-state index in [2.05, 4.69) is 27.2 Å². The van der Waals surface area contributed by atoms with E-state index < -0.39 is 0 Å². The molecule has 134 valence electrons. The zero-order valence-corrected chi connectivity index (χ0v) is 14.6. The SMILES string of the molecule is CN1C(=O)CCN(c2ccc(N3CC(N4CCNCC4)C3)cc2)C1=O. The van der Waals surface area contributed by atoms with Crippen LogP contribution in [0.25, 0.3) is 0 Å². The molecule has 0 unspecified atom stereocenters. The van der Waals surface area contributed by atoms with E-state index in [4.69, 9.17) is 0 Å². The molecule has 3 heterocycles. The predicted molar refractivity (Wildman–Crippen MR) is 97.0 cm³/mol. The lowest BCUT2D eigenvalue weighted by molar-refractivity contribution is -0.127. The van der Waals surface area contributed by atoms with Crippen molar-refractivity contribution in [2.45, 2.75) is 12.5 Å². The molecule has 3 saturated heterocycles. The van der Waals surface area contributed by atoms with Gasteiger partial charge in [-0.25, -0.2) is 4.79 Å². The molecular weight excluding hydrogens is 318 g/mol. The van der Waals surface area contributed by atoms with Gasteiger partial charge in [0.05, 0.1) is 0 Å². The van der Waals surface area contributed by atoms with E-state index in [0.29, 0.717) is 19.0 Å². The molecule has 4 rings (SSSR count). The maximum absolute atomic E-state index is 12.3. The summed E-state index contributed by atoms with van der Waals surface area (Å²) in [5.74, 6) is -0.114. The Kier molecular flexibility index (Phi) is 4.35. The minimum absolute atomic E-state index is 0.114. The third-order valence-corrected chi connectivity index (χ3v) is 5.50. The highest BCUT2D eigenvalue weighted by Crippen LogP contribution is 2.27. The molecule has 1 aromatic carbocycles. The molecule has 0 radical (unpaired) electrons. The topological polar surface area (TPSA) is 59.1 Å². The van der Waals surface area contributed by atoms with Gasteiger partial charge in [0, 0.05) is 76.7 Å². The highest BCUT2D eigenvalue weighted by molar-refractivity contribution is 6.05. The van der Waals surface area contributed by atoms with Crippen LogP contribution in [0.1, 0.15) is 6.42 Å². The predicted octanol–water partition coefficient (Wildman–Crippen LogP) is 0.569. The third kappa shape index (κ3) is 3.09. The van der Waals surface area contributed by atoms with E-state index >= 15 is 0 Å². The largest absolute Gasteiger partial charge is 0.368 e. The second-order valence-electron chi connectivity index (χ2n) is 7.00. The summed E-state index contributed by atoms with van der Waals surface area (Å²) in [7, 11) is 1.54. The summed E-state index contributed by atoms with van der Waals surface area (Å²) in [5.41, 5.74) is 2.05. The number of anilines is 2. The van der Waals surface area contributed by atoms with Gasteiger partial charge in [0.15, 0.2) is 0 Å². The normalized spacial score (nSPS) is 23.2. The number of nitrogens with one attached hydrogen (secondary N) is 1. The zero-order chi connectivity index (χ0) is 17.4. The second kappa shape index (κ2) is 6.65. The quantitative estimate of drug-likeness (QED) is 0.870. The van der Waals surface area contributed by atoms with Crippen LogP contribution in [0.2, 0.25) is 0 Å². The van der Waals surface area contributed by atoms with E-state index in [1.54, 1.807) is 11.9 Å². The summed E-state index contributed by atoms with van der Waals surface area (Å²) in [6.45, 7) is 7.05. The van der Waals surface area contributed by atoms with Crippen molar-refractivity contribution >= 4 is 23.3 Å². The van der Waals surface area contributed by atoms with Gasteiger partial charge in [-0.15, -0.1) is 0 Å². The van der Waals surface area contributed by atoms with Crippen LogP contribution in [-0.2, 0) is 4.79 Å². The fourth-order valence-electron chi connectivity index (χ4n) is 3.79. The standard InChI is InChI=1S/C18H25N5O2/c1-20-17(24)6-9-23(18(20)25)15-4-2-14(3-5-15)22-12-16(13-22)21-10-7-19-8-11-21/h2-5,16,19H,6-13H2,1H3. The monoisotopic (exact) mass is 343 g/mol. The van der Waals surface area contributed by atoms with Gasteiger partial charge in [-0.1, -0.05) is 0 Å². The highest BCUT2D eigenvalue weighted by atomic mass is 16.2. The lowest BCUT2D eigenvalue weighted by atomic mass is 10.0. The summed E-state index contributed by atoms with van der Waals surface area (Å²) >= 11 is 0. The van der Waals surface area contributed by atoms with Crippen LogP contribution in [0.5, 0.6) is 0 Å². The fraction of sp³-hybridized carbons (Fsp3) is 0.556. The van der Waals surface area contributed by atoms with E-state index in [1.165, 1.54) is 10.6 Å². The smallest absolute Gasteiger partial charge is 0.330 e. The lowest BCUT2D eigenvalue weighted by Crippen LogP contribution is -2.62. The number of hydrogen-bond acceptors (Lipinski definition) is 5. The Balaban J connectivity index is 1.36. The van der Waals surface area contributed by atoms with E-state index in [-0.39, 0.29) is 11.9 Å². The Morgan fingerprint density at radius 2 is 1.60 bits per heavy atom. The van der Waals surface area contributed by atoms with Crippen LogP contribution in [-0.4, -0.2) is 80.6 Å². The summed E-state index contributed by atoms with van der Waals surface area (Å²) in [4.78, 5) is 31.7. The van der Waals surface area contributed by atoms with Gasteiger partial charge >= 0.3 is 6.03 Å². The molecule has 25 heavy (non-hydrogen) atoms. The van der Waals surface area contributed by atoms with Crippen molar-refractivity contribution in [1.29, 1.82) is 0 Å². The van der Waals surface area contributed by atoms with Crippen molar-refractivity contribution in [3.05, 3.63) is 24.3 Å². The Morgan fingerprint density at radius 1 is 0.960 bits per heavy atom. The Hall–Kier alpha value is -2.12. The number of imide groups is 1. The molecule has 0 aliphatic carbocycles. The Bertz CT molecular complexity index is 650. The van der Waals surface area contributed by atoms with Gasteiger partial charge in [0.1, 0.15) is 0 Å². The molecule has 3 aliphatic rings. The van der Waals surface area contributed by atoms with E-state index in [9.17, 15) is 9.59 Å². The van der Waals surface area contributed by atoms with Gasteiger partial charge in [-0.05, 0) is 24.3 Å². The van der Waals surface area contributed by atoms with Gasteiger partial charge < -0.3 is 10.2 Å². The lowest BCUT2D eigenvalue weighted by Gasteiger charge is -2.48. The number of benzene rings is 1. The van der Waals surface area contributed by atoms with Gasteiger partial charge in [0.2, 0.25) is 5.91 Å². The van der Waals surface area contributed by atoms with Crippen LogP contribution in [0.15, 0.2) is 24.3 Å². The summed E-state index contributed by atoms with van der Waals surface area (Å²) in [5, 5.41) is 3.40. The third-order valence-electron chi connectivity index (χ3n) is 5.50. The molecule has 3 amide bonds. The van der Waals surface area contributed by atoms with Crippen molar-refractivity contribution in [2.75, 3.05) is 62.7 Å². The van der Waals surface area contributed by atoms with Gasteiger partial charge in [0.25, 0.3) is 0 Å². The summed E-state index contributed by atoms with van der Waals surface area (Å²) < 4.78 is 0. The molecule has 0 saturated carbocycles. The number of rotatable bonds is 3. The molecule has 1 N–H and O–H groups in total. The number of nitrogens with zero attached hydrogens (tertiary/aromatic N) is 4. The molecule has 3 fully saturated rings. The molecule has 0 bridgehead atoms. The molecule has 7 nitrogen and oxygen atoms in total. The van der Waals surface area contributed by atoms with Crippen molar-refractivity contribution in [2.24, 2.45) is 0 Å². The summed E-state index contributed by atoms with van der Waals surface area (Å²) in [6, 6.07) is 8.53. The number of hydrogen-bond donors (Lipinski definition) is 1. The molecule has 0 atom stereocenters. The van der Waals surface area contributed by atoms with Gasteiger partial charge in [-0.3, -0.25) is 19.5 Å². The average molecular weight is 343 g/mol. The van der Waals surface area contributed by atoms with Crippen molar-refractivity contribution in [3.63, 3.8) is 0 Å². The number of carbonyl (C=O) groups excluding carboxylic acids is 2. The molecule has 0 aromatic heterocycles. The number of carbonyl (C=O) groups is 2. The Labute approximate surface area is 148 Å². The molecule has 0 spiro atoms. The molecule has 1 aromatic rings. The fourth-order valence-corrected chi connectivity index (χ4v) is 3.79. The Morgan fingerprint density at radius 3 is 2.28 bits per heavy atom. The molecule has 3 aliphatic heterocycles. The minimum Gasteiger partial charge on any atom is -0.368 e. The van der Waals surface area contributed by atoms with Crippen LogP contribution in [0.3, 0.4) is 0 Å². The first-order valence-corrected chi connectivity index (χ1v) is 9.01. The van der Waals surface area contributed by atoms with E-state index in [1.807, 2.05) is 12.1 Å². The van der Waals surface area contributed by atoms with E-state index in [0.717, 1.165) is 45.0 Å². The first kappa shape index (κ1) is 16.4. The van der Waals surface area contributed by atoms with Crippen molar-refractivity contribution in [3.8, 4) is 0 Å². The second-order valence-corrected chi connectivity index (χ2v) is 7.00. The first-order valence-electron chi connectivity index (χ1n) is 9.01. The van der Waals surface area contributed by atoms with Crippen LogP contribution in [0, 0.1) is 0 Å². The molecule has 7 heteroatoms. The van der Waals surface area contributed by atoms with Crippen LogP contribution < -0.4 is 15.1 Å². The maximum Gasteiger partial charge on any atom is 0.330 e. The number of piperazine rings is 1. The summed E-state index contributed by atoms with van der Waals surface area (Å²) in [6.07, 6.45) is 0.377. The minimum atomic E-state index is -0.244. The highest BCUT2D eigenvalue weighted by Gasteiger charge is 2.33. The maximum atomic E-state index is 12.3. The molecular formula is C18H25N5O2. The number of amides is 3.